The number of carbonyl (C=O) groups excluding carboxylic acids is 1. The van der Waals surface area contributed by atoms with Crippen molar-refractivity contribution in [2.45, 2.75) is 96.2 Å². The van der Waals surface area contributed by atoms with E-state index < -0.39 is 0 Å². The number of carbonyl (C=O) groups is 1. The SMILES string of the molecule is CC(C)CCC1CCCCN1C(=O)CC1CC2CCC(C1)N2. The predicted octanol–water partition coefficient (Wildman–Crippen LogP) is 3.72. The van der Waals surface area contributed by atoms with E-state index >= 15 is 0 Å². The van der Waals surface area contributed by atoms with E-state index in [9.17, 15) is 4.79 Å². The molecule has 2 bridgehead atoms. The van der Waals surface area contributed by atoms with Gasteiger partial charge in [-0.1, -0.05) is 13.8 Å². The number of hydrogen-bond acceptors (Lipinski definition) is 2. The zero-order chi connectivity index (χ0) is 15.5. The van der Waals surface area contributed by atoms with Gasteiger partial charge < -0.3 is 10.2 Å². The zero-order valence-electron chi connectivity index (χ0n) is 14.5. The van der Waals surface area contributed by atoms with Gasteiger partial charge in [-0.25, -0.2) is 0 Å². The third-order valence-corrected chi connectivity index (χ3v) is 6.06. The highest BCUT2D eigenvalue weighted by Crippen LogP contribution is 2.34. The summed E-state index contributed by atoms with van der Waals surface area (Å²) in [5.41, 5.74) is 0. The summed E-state index contributed by atoms with van der Waals surface area (Å²) in [4.78, 5) is 15.1. The van der Waals surface area contributed by atoms with Crippen molar-refractivity contribution in [1.82, 2.24) is 10.2 Å². The molecule has 1 N–H and O–H groups in total. The van der Waals surface area contributed by atoms with Gasteiger partial charge in [-0.3, -0.25) is 4.79 Å². The largest absolute Gasteiger partial charge is 0.340 e. The van der Waals surface area contributed by atoms with Crippen molar-refractivity contribution >= 4 is 5.91 Å². The Bertz CT molecular complexity index is 370. The van der Waals surface area contributed by atoms with Crippen LogP contribution in [0.2, 0.25) is 0 Å². The summed E-state index contributed by atoms with van der Waals surface area (Å²) < 4.78 is 0. The highest BCUT2D eigenvalue weighted by molar-refractivity contribution is 5.77. The van der Waals surface area contributed by atoms with Crippen molar-refractivity contribution in [2.75, 3.05) is 6.54 Å². The third-order valence-electron chi connectivity index (χ3n) is 6.06. The van der Waals surface area contributed by atoms with Crippen LogP contribution in [0.3, 0.4) is 0 Å². The number of amides is 1. The Morgan fingerprint density at radius 2 is 1.86 bits per heavy atom. The molecule has 0 spiro atoms. The van der Waals surface area contributed by atoms with Gasteiger partial charge in [0, 0.05) is 31.1 Å². The van der Waals surface area contributed by atoms with E-state index in [0.29, 0.717) is 30.0 Å². The standard InChI is InChI=1S/C19H34N2O/c1-14(2)6-9-18-5-3-4-10-21(18)19(22)13-15-11-16-7-8-17(12-15)20-16/h14-18,20H,3-13H2,1-2H3. The van der Waals surface area contributed by atoms with Gasteiger partial charge in [-0.2, -0.15) is 0 Å². The van der Waals surface area contributed by atoms with Crippen molar-refractivity contribution < 1.29 is 4.79 Å². The Hall–Kier alpha value is -0.570. The molecule has 3 nitrogen and oxygen atoms in total. The summed E-state index contributed by atoms with van der Waals surface area (Å²) in [7, 11) is 0. The summed E-state index contributed by atoms with van der Waals surface area (Å²) in [6, 6.07) is 1.94. The lowest BCUT2D eigenvalue weighted by molar-refractivity contribution is -0.136. The summed E-state index contributed by atoms with van der Waals surface area (Å²) in [6.45, 7) is 5.60. The second-order valence-corrected chi connectivity index (χ2v) is 8.39. The van der Waals surface area contributed by atoms with Crippen molar-refractivity contribution in [3.63, 3.8) is 0 Å². The van der Waals surface area contributed by atoms with Crippen LogP contribution in [-0.4, -0.2) is 35.5 Å². The number of piperidine rings is 2. The van der Waals surface area contributed by atoms with Gasteiger partial charge >= 0.3 is 0 Å². The van der Waals surface area contributed by atoms with E-state index in [2.05, 4.69) is 24.1 Å². The molecule has 1 amide bonds. The lowest BCUT2D eigenvalue weighted by Crippen LogP contribution is -2.46. The normalized spacial score (nSPS) is 35.1. The van der Waals surface area contributed by atoms with Gasteiger partial charge in [0.05, 0.1) is 0 Å². The molecule has 0 aliphatic carbocycles. The van der Waals surface area contributed by atoms with Gasteiger partial charge in [0.2, 0.25) is 5.91 Å². The van der Waals surface area contributed by atoms with Crippen LogP contribution >= 0.6 is 0 Å². The van der Waals surface area contributed by atoms with E-state index in [-0.39, 0.29) is 0 Å². The minimum atomic E-state index is 0.458. The first-order valence-electron chi connectivity index (χ1n) is 9.67. The number of rotatable bonds is 5. The monoisotopic (exact) mass is 306 g/mol. The van der Waals surface area contributed by atoms with Crippen LogP contribution in [0.15, 0.2) is 0 Å². The average Bonchev–Trinajstić information content (AvgIpc) is 2.84. The first-order valence-corrected chi connectivity index (χ1v) is 9.67. The molecule has 3 heterocycles. The van der Waals surface area contributed by atoms with Crippen LogP contribution in [0.25, 0.3) is 0 Å². The zero-order valence-corrected chi connectivity index (χ0v) is 14.5. The topological polar surface area (TPSA) is 32.3 Å². The quantitative estimate of drug-likeness (QED) is 0.839. The molecule has 3 saturated heterocycles. The van der Waals surface area contributed by atoms with Gasteiger partial charge in [-0.15, -0.1) is 0 Å². The first kappa shape index (κ1) is 16.3. The van der Waals surface area contributed by atoms with Gasteiger partial charge in [0.15, 0.2) is 0 Å². The van der Waals surface area contributed by atoms with E-state index in [1.54, 1.807) is 0 Å². The van der Waals surface area contributed by atoms with Crippen LogP contribution < -0.4 is 5.32 Å². The fourth-order valence-corrected chi connectivity index (χ4v) is 4.86. The molecule has 0 aromatic heterocycles. The second kappa shape index (κ2) is 7.33. The molecule has 3 rings (SSSR count). The number of nitrogens with zero attached hydrogens (tertiary/aromatic N) is 1. The Kier molecular flexibility index (Phi) is 5.43. The van der Waals surface area contributed by atoms with E-state index in [4.69, 9.17) is 0 Å². The predicted molar refractivity (Wildman–Crippen MR) is 90.7 cm³/mol. The molecule has 3 fully saturated rings. The highest BCUT2D eigenvalue weighted by Gasteiger charge is 2.36. The minimum Gasteiger partial charge on any atom is -0.340 e. The van der Waals surface area contributed by atoms with Gasteiger partial charge in [0.25, 0.3) is 0 Å². The molecular weight excluding hydrogens is 272 g/mol. The minimum absolute atomic E-state index is 0.458. The number of nitrogens with one attached hydrogen (secondary N) is 1. The maximum Gasteiger partial charge on any atom is 0.223 e. The van der Waals surface area contributed by atoms with E-state index in [0.717, 1.165) is 18.9 Å². The van der Waals surface area contributed by atoms with Crippen molar-refractivity contribution in [1.29, 1.82) is 0 Å². The summed E-state index contributed by atoms with van der Waals surface area (Å²) in [5.74, 6) is 1.85. The molecule has 3 atom stereocenters. The summed E-state index contributed by atoms with van der Waals surface area (Å²) in [5, 5.41) is 3.69. The fourth-order valence-electron chi connectivity index (χ4n) is 4.86. The van der Waals surface area contributed by atoms with Crippen LogP contribution in [0.5, 0.6) is 0 Å². The molecule has 3 aliphatic heterocycles. The van der Waals surface area contributed by atoms with E-state index in [1.807, 2.05) is 0 Å². The highest BCUT2D eigenvalue weighted by atomic mass is 16.2. The molecule has 126 valence electrons. The molecule has 22 heavy (non-hydrogen) atoms. The molecule has 0 radical (unpaired) electrons. The average molecular weight is 306 g/mol. The molecule has 3 aliphatic rings. The lowest BCUT2D eigenvalue weighted by atomic mass is 9.88. The van der Waals surface area contributed by atoms with Gasteiger partial charge in [-0.05, 0) is 69.6 Å². The number of likely N-dealkylation sites (tertiary alicyclic amines) is 1. The van der Waals surface area contributed by atoms with Crippen LogP contribution in [0.1, 0.15) is 78.1 Å². The Labute approximate surface area is 136 Å². The van der Waals surface area contributed by atoms with E-state index in [1.165, 1.54) is 57.8 Å². The molecule has 3 unspecified atom stereocenters. The number of fused-ring (bicyclic) bond motifs is 2. The third kappa shape index (κ3) is 4.04. The fraction of sp³-hybridized carbons (Fsp3) is 0.947. The second-order valence-electron chi connectivity index (χ2n) is 8.39. The molecular formula is C19H34N2O. The molecule has 0 aromatic carbocycles. The Morgan fingerprint density at radius 3 is 2.55 bits per heavy atom. The smallest absolute Gasteiger partial charge is 0.223 e. The maximum atomic E-state index is 12.9. The van der Waals surface area contributed by atoms with Crippen molar-refractivity contribution in [3.05, 3.63) is 0 Å². The number of hydrogen-bond donors (Lipinski definition) is 1. The summed E-state index contributed by atoms with van der Waals surface area (Å²) >= 11 is 0. The van der Waals surface area contributed by atoms with Crippen LogP contribution in [-0.2, 0) is 4.79 Å². The van der Waals surface area contributed by atoms with Crippen molar-refractivity contribution in [3.8, 4) is 0 Å². The first-order chi connectivity index (χ1) is 10.6. The molecule has 3 heteroatoms. The van der Waals surface area contributed by atoms with Crippen LogP contribution in [0.4, 0.5) is 0 Å². The summed E-state index contributed by atoms with van der Waals surface area (Å²) in [6.07, 6.45) is 12.1. The van der Waals surface area contributed by atoms with Crippen molar-refractivity contribution in [2.24, 2.45) is 11.8 Å². The van der Waals surface area contributed by atoms with Crippen LogP contribution in [0, 0.1) is 11.8 Å². The lowest BCUT2D eigenvalue weighted by Gasteiger charge is -2.38. The molecule has 0 aromatic rings. The Morgan fingerprint density at radius 1 is 1.14 bits per heavy atom. The van der Waals surface area contributed by atoms with Gasteiger partial charge in [0.1, 0.15) is 0 Å². The molecule has 0 saturated carbocycles. The Balaban J connectivity index is 1.52. The maximum absolute atomic E-state index is 12.9.